The van der Waals surface area contributed by atoms with Gasteiger partial charge in [-0.25, -0.2) is 22.3 Å². The number of carboxylic acid groups (broad SMARTS) is 1. The van der Waals surface area contributed by atoms with Gasteiger partial charge in [-0.15, -0.1) is 0 Å². The monoisotopic (exact) mass is 287 g/mol. The molecule has 2 N–H and O–H groups in total. The highest BCUT2D eigenvalue weighted by atomic mass is 32.2. The van der Waals surface area contributed by atoms with E-state index in [1.54, 1.807) is 0 Å². The number of rotatable bonds is 4. The van der Waals surface area contributed by atoms with Gasteiger partial charge in [-0.05, 0) is 38.0 Å². The van der Waals surface area contributed by atoms with Crippen molar-refractivity contribution in [2.75, 3.05) is 0 Å². The zero-order chi connectivity index (χ0) is 14.3. The van der Waals surface area contributed by atoms with Crippen molar-refractivity contribution in [1.29, 1.82) is 0 Å². The van der Waals surface area contributed by atoms with Gasteiger partial charge in [0.05, 0.1) is 5.57 Å². The van der Waals surface area contributed by atoms with Crippen LogP contribution in [0.4, 0.5) is 4.39 Å². The summed E-state index contributed by atoms with van der Waals surface area (Å²) in [6, 6.07) is -0.0991. The molecule has 0 aromatic carbocycles. The average Bonchev–Trinajstić information content (AvgIpc) is 3.08. The highest BCUT2D eigenvalue weighted by Gasteiger charge is 2.40. The molecular weight excluding hydrogens is 273 g/mol. The van der Waals surface area contributed by atoms with Crippen molar-refractivity contribution in [2.45, 2.75) is 30.6 Å². The topological polar surface area (TPSA) is 83.5 Å². The first-order valence-corrected chi connectivity index (χ1v) is 7.26. The normalized spacial score (nSPS) is 27.5. The number of sulfonamides is 1. The van der Waals surface area contributed by atoms with Gasteiger partial charge in [0.1, 0.15) is 10.6 Å². The molecule has 19 heavy (non-hydrogen) atoms. The van der Waals surface area contributed by atoms with Gasteiger partial charge in [-0.2, -0.15) is 0 Å². The molecule has 1 saturated carbocycles. The Morgan fingerprint density at radius 1 is 1.53 bits per heavy atom. The van der Waals surface area contributed by atoms with E-state index in [1.165, 1.54) is 6.92 Å². The molecule has 1 unspecified atom stereocenters. The highest BCUT2D eigenvalue weighted by Crippen LogP contribution is 2.29. The summed E-state index contributed by atoms with van der Waals surface area (Å²) in [5.74, 6) is -2.16. The second-order valence-corrected chi connectivity index (χ2v) is 6.97. The summed E-state index contributed by atoms with van der Waals surface area (Å²) in [4.78, 5) is 11.0. The lowest BCUT2D eigenvalue weighted by molar-refractivity contribution is -0.132. The Balaban J connectivity index is 2.43. The first kappa shape index (κ1) is 14.0. The molecule has 0 aromatic rings. The molecule has 1 fully saturated rings. The van der Waals surface area contributed by atoms with Gasteiger partial charge in [-0.3, -0.25) is 0 Å². The fraction of sp³-hybridized carbons (Fsp3) is 0.417. The Labute approximate surface area is 110 Å². The Kier molecular flexibility index (Phi) is 3.36. The maximum absolute atomic E-state index is 13.3. The predicted octanol–water partition coefficient (Wildman–Crippen LogP) is 1.26. The Morgan fingerprint density at radius 2 is 2.16 bits per heavy atom. The van der Waals surface area contributed by atoms with E-state index >= 15 is 0 Å². The molecule has 0 heterocycles. The third kappa shape index (κ3) is 2.93. The summed E-state index contributed by atoms with van der Waals surface area (Å²) in [6.07, 6.45) is 5.50. The van der Waals surface area contributed by atoms with Gasteiger partial charge in [0.15, 0.2) is 0 Å². The van der Waals surface area contributed by atoms with Crippen LogP contribution in [-0.2, 0) is 14.8 Å². The molecule has 0 saturated heterocycles. The summed E-state index contributed by atoms with van der Waals surface area (Å²) in [5, 5.41) is 8.95. The van der Waals surface area contributed by atoms with Gasteiger partial charge in [0.2, 0.25) is 10.0 Å². The zero-order valence-corrected chi connectivity index (χ0v) is 11.1. The van der Waals surface area contributed by atoms with Crippen molar-refractivity contribution >= 4 is 16.0 Å². The lowest BCUT2D eigenvalue weighted by Crippen LogP contribution is -2.42. The lowest BCUT2D eigenvalue weighted by atomic mass is 10.1. The molecule has 0 bridgehead atoms. The van der Waals surface area contributed by atoms with Gasteiger partial charge in [-0.1, -0.05) is 6.08 Å². The Hall–Kier alpha value is -1.47. The van der Waals surface area contributed by atoms with Gasteiger partial charge >= 0.3 is 5.97 Å². The minimum Gasteiger partial charge on any atom is -0.478 e. The summed E-state index contributed by atoms with van der Waals surface area (Å²) < 4.78 is 38.7. The van der Waals surface area contributed by atoms with E-state index in [-0.39, 0.29) is 11.6 Å². The number of carbonyl (C=O) groups is 1. The van der Waals surface area contributed by atoms with Crippen LogP contribution >= 0.6 is 0 Å². The van der Waals surface area contributed by atoms with Crippen molar-refractivity contribution in [2.24, 2.45) is 0 Å². The largest absolute Gasteiger partial charge is 0.478 e. The van der Waals surface area contributed by atoms with E-state index < -0.39 is 26.6 Å². The minimum absolute atomic E-state index is 0.0991. The number of carboxylic acids is 1. The Morgan fingerprint density at radius 3 is 2.68 bits per heavy atom. The number of hydrogen-bond acceptors (Lipinski definition) is 3. The van der Waals surface area contributed by atoms with Gasteiger partial charge in [0, 0.05) is 6.04 Å². The Bertz CT molecular complexity index is 601. The quantitative estimate of drug-likeness (QED) is 0.815. The van der Waals surface area contributed by atoms with Crippen molar-refractivity contribution in [3.63, 3.8) is 0 Å². The molecule has 2 rings (SSSR count). The molecule has 5 nitrogen and oxygen atoms in total. The maximum Gasteiger partial charge on any atom is 0.335 e. The first-order chi connectivity index (χ1) is 8.73. The van der Waals surface area contributed by atoms with Crippen LogP contribution in [-0.4, -0.2) is 30.3 Å². The van der Waals surface area contributed by atoms with Crippen molar-refractivity contribution in [3.8, 4) is 0 Å². The fourth-order valence-corrected chi connectivity index (χ4v) is 3.14. The molecule has 0 spiro atoms. The summed E-state index contributed by atoms with van der Waals surface area (Å²) in [7, 11) is -3.81. The third-order valence-electron chi connectivity index (χ3n) is 3.03. The van der Waals surface area contributed by atoms with E-state index in [4.69, 9.17) is 5.11 Å². The van der Waals surface area contributed by atoms with Crippen LogP contribution in [0.2, 0.25) is 0 Å². The predicted molar refractivity (Wildman–Crippen MR) is 67.5 cm³/mol. The first-order valence-electron chi connectivity index (χ1n) is 5.78. The molecule has 2 aliphatic rings. The standard InChI is InChI=1S/C12H14FNO4S/c1-12(19(17,18)14-10-2-3-10)5-4-9(13)6-8(7-12)11(15)16/h4-7,10,14H,2-3H2,1H3,(H,15,16). The zero-order valence-electron chi connectivity index (χ0n) is 10.3. The molecule has 0 aliphatic heterocycles. The molecular formula is C12H14FNO4S. The van der Waals surface area contributed by atoms with Crippen molar-refractivity contribution in [3.05, 3.63) is 35.7 Å². The SMILES string of the molecule is CC1(S(=O)(=O)NC2CC2)C=CC(F)=CC(C(=O)O)=C1. The molecule has 1 atom stereocenters. The van der Waals surface area contributed by atoms with Crippen LogP contribution in [0, 0.1) is 0 Å². The van der Waals surface area contributed by atoms with Crippen LogP contribution < -0.4 is 4.72 Å². The molecule has 104 valence electrons. The van der Waals surface area contributed by atoms with E-state index in [1.807, 2.05) is 0 Å². The van der Waals surface area contributed by atoms with E-state index in [0.717, 1.165) is 37.1 Å². The van der Waals surface area contributed by atoms with Crippen LogP contribution in [0.15, 0.2) is 35.7 Å². The number of nitrogens with one attached hydrogen (secondary N) is 1. The highest BCUT2D eigenvalue weighted by molar-refractivity contribution is 7.91. The number of aliphatic carboxylic acids is 1. The molecule has 0 radical (unpaired) electrons. The van der Waals surface area contributed by atoms with Crippen LogP contribution in [0.25, 0.3) is 0 Å². The van der Waals surface area contributed by atoms with Crippen molar-refractivity contribution < 1.29 is 22.7 Å². The summed E-state index contributed by atoms with van der Waals surface area (Å²) in [6.45, 7) is 1.34. The minimum atomic E-state index is -3.81. The maximum atomic E-state index is 13.3. The number of hydrogen-bond donors (Lipinski definition) is 2. The molecule has 7 heteroatoms. The van der Waals surface area contributed by atoms with Gasteiger partial charge < -0.3 is 5.11 Å². The van der Waals surface area contributed by atoms with Crippen LogP contribution in [0.3, 0.4) is 0 Å². The van der Waals surface area contributed by atoms with Crippen LogP contribution in [0.5, 0.6) is 0 Å². The summed E-state index contributed by atoms with van der Waals surface area (Å²) >= 11 is 0. The van der Waals surface area contributed by atoms with E-state index in [9.17, 15) is 17.6 Å². The fourth-order valence-electron chi connectivity index (χ4n) is 1.68. The van der Waals surface area contributed by atoms with Gasteiger partial charge in [0.25, 0.3) is 0 Å². The van der Waals surface area contributed by atoms with E-state index in [0.29, 0.717) is 0 Å². The second-order valence-electron chi connectivity index (χ2n) is 4.85. The molecule has 0 amide bonds. The number of allylic oxidation sites excluding steroid dienone is 2. The molecule has 0 aromatic heterocycles. The smallest absolute Gasteiger partial charge is 0.335 e. The lowest BCUT2D eigenvalue weighted by Gasteiger charge is -2.22. The third-order valence-corrected chi connectivity index (χ3v) is 5.09. The molecule has 2 aliphatic carbocycles. The van der Waals surface area contributed by atoms with Crippen LogP contribution in [0.1, 0.15) is 19.8 Å². The van der Waals surface area contributed by atoms with Crippen molar-refractivity contribution in [1.82, 2.24) is 4.72 Å². The van der Waals surface area contributed by atoms with E-state index in [2.05, 4.69) is 4.72 Å². The second kappa shape index (κ2) is 4.57. The summed E-state index contributed by atoms with van der Waals surface area (Å²) in [5.41, 5.74) is -0.383. The average molecular weight is 287 g/mol. The number of halogens is 1.